The Morgan fingerprint density at radius 2 is 1.62 bits per heavy atom. The first-order chi connectivity index (χ1) is 10.1. The van der Waals surface area contributed by atoms with Crippen molar-refractivity contribution in [2.45, 2.75) is 11.3 Å². The molecule has 0 fully saturated rings. The zero-order valence-corrected chi connectivity index (χ0v) is 12.1. The van der Waals surface area contributed by atoms with Crippen molar-refractivity contribution in [3.63, 3.8) is 0 Å². The number of benzene rings is 2. The standard InChI is InChI=1S/C16H15NO3S/c18-11-10-14-12-13-6-4-5-9-16(13)17(14)21(19,20)15-7-2-1-3-8-15/h1-9,12,18H,10-11H2. The quantitative estimate of drug-likeness (QED) is 0.805. The largest absolute Gasteiger partial charge is 0.396 e. The second-order valence-electron chi connectivity index (χ2n) is 4.75. The number of rotatable bonds is 4. The highest BCUT2D eigenvalue weighted by Gasteiger charge is 2.22. The second-order valence-corrected chi connectivity index (χ2v) is 6.54. The van der Waals surface area contributed by atoms with Gasteiger partial charge in [-0.05, 0) is 24.3 Å². The molecule has 0 atom stereocenters. The van der Waals surface area contributed by atoms with Gasteiger partial charge in [-0.15, -0.1) is 0 Å². The number of hydrogen-bond donors (Lipinski definition) is 1. The third-order valence-corrected chi connectivity index (χ3v) is 5.17. The van der Waals surface area contributed by atoms with E-state index in [4.69, 9.17) is 0 Å². The highest BCUT2D eigenvalue weighted by molar-refractivity contribution is 7.90. The fourth-order valence-electron chi connectivity index (χ4n) is 2.46. The van der Waals surface area contributed by atoms with E-state index < -0.39 is 10.0 Å². The summed E-state index contributed by atoms with van der Waals surface area (Å²) in [5.41, 5.74) is 1.22. The van der Waals surface area contributed by atoms with Gasteiger partial charge in [0.05, 0.1) is 10.4 Å². The molecule has 108 valence electrons. The molecule has 5 heteroatoms. The number of aliphatic hydroxyl groups is 1. The van der Waals surface area contributed by atoms with E-state index in [1.807, 2.05) is 24.3 Å². The van der Waals surface area contributed by atoms with Gasteiger partial charge in [0.1, 0.15) is 0 Å². The third kappa shape index (κ3) is 2.34. The molecule has 0 spiro atoms. The number of aromatic nitrogens is 1. The zero-order chi connectivity index (χ0) is 14.9. The fourth-order valence-corrected chi connectivity index (χ4v) is 4.05. The maximum atomic E-state index is 12.9. The van der Waals surface area contributed by atoms with Crippen LogP contribution in [0, 0.1) is 0 Å². The second kappa shape index (κ2) is 5.35. The Hall–Kier alpha value is -2.11. The first kappa shape index (κ1) is 13.9. The molecule has 0 radical (unpaired) electrons. The average Bonchev–Trinajstić information content (AvgIpc) is 2.87. The van der Waals surface area contributed by atoms with Crippen molar-refractivity contribution in [2.75, 3.05) is 6.61 Å². The predicted octanol–water partition coefficient (Wildman–Crippen LogP) is 2.41. The van der Waals surface area contributed by atoms with E-state index >= 15 is 0 Å². The predicted molar refractivity (Wildman–Crippen MR) is 81.8 cm³/mol. The van der Waals surface area contributed by atoms with Gasteiger partial charge in [0.2, 0.25) is 0 Å². The van der Waals surface area contributed by atoms with Gasteiger partial charge in [-0.3, -0.25) is 0 Å². The Morgan fingerprint density at radius 3 is 2.33 bits per heavy atom. The molecule has 0 unspecified atom stereocenters. The van der Waals surface area contributed by atoms with Gasteiger partial charge in [-0.25, -0.2) is 12.4 Å². The summed E-state index contributed by atoms with van der Waals surface area (Å²) in [5.74, 6) is 0. The Morgan fingerprint density at radius 1 is 0.952 bits per heavy atom. The Balaban J connectivity index is 2.30. The van der Waals surface area contributed by atoms with Crippen LogP contribution in [0.3, 0.4) is 0 Å². The lowest BCUT2D eigenvalue weighted by Gasteiger charge is -2.11. The van der Waals surface area contributed by atoms with Crippen LogP contribution in [0.2, 0.25) is 0 Å². The molecule has 1 aromatic heterocycles. The van der Waals surface area contributed by atoms with Gasteiger partial charge in [0.25, 0.3) is 10.0 Å². The van der Waals surface area contributed by atoms with Gasteiger partial charge in [-0.1, -0.05) is 36.4 Å². The SMILES string of the molecule is O=S(=O)(c1ccccc1)n1c(CCO)cc2ccccc21. The number of fused-ring (bicyclic) bond motifs is 1. The third-order valence-electron chi connectivity index (χ3n) is 3.39. The number of hydrogen-bond acceptors (Lipinski definition) is 3. The van der Waals surface area contributed by atoms with E-state index in [9.17, 15) is 13.5 Å². The first-order valence-corrected chi connectivity index (χ1v) is 8.09. The maximum Gasteiger partial charge on any atom is 0.268 e. The summed E-state index contributed by atoms with van der Waals surface area (Å²) in [5, 5.41) is 10.0. The van der Waals surface area contributed by atoms with Crippen LogP contribution in [-0.2, 0) is 16.4 Å². The smallest absolute Gasteiger partial charge is 0.268 e. The summed E-state index contributed by atoms with van der Waals surface area (Å²) in [7, 11) is -3.67. The molecule has 4 nitrogen and oxygen atoms in total. The zero-order valence-electron chi connectivity index (χ0n) is 11.3. The van der Waals surface area contributed by atoms with Crippen LogP contribution in [0.15, 0.2) is 65.6 Å². The van der Waals surface area contributed by atoms with Crippen molar-refractivity contribution >= 4 is 20.9 Å². The van der Waals surface area contributed by atoms with Crippen molar-refractivity contribution in [3.05, 3.63) is 66.4 Å². The van der Waals surface area contributed by atoms with E-state index in [0.29, 0.717) is 17.6 Å². The topological polar surface area (TPSA) is 59.3 Å². The molecule has 1 N–H and O–H groups in total. The molecular formula is C16H15NO3S. The lowest BCUT2D eigenvalue weighted by Crippen LogP contribution is -2.16. The van der Waals surface area contributed by atoms with Crippen LogP contribution in [0.4, 0.5) is 0 Å². The molecule has 0 aliphatic carbocycles. The highest BCUT2D eigenvalue weighted by Crippen LogP contribution is 2.25. The molecule has 21 heavy (non-hydrogen) atoms. The summed E-state index contributed by atoms with van der Waals surface area (Å²) in [4.78, 5) is 0.241. The molecule has 3 aromatic rings. The van der Waals surface area contributed by atoms with E-state index in [-0.39, 0.29) is 11.5 Å². The summed E-state index contributed by atoms with van der Waals surface area (Å²) in [6, 6.07) is 17.5. The molecule has 0 saturated heterocycles. The number of nitrogens with zero attached hydrogens (tertiary/aromatic N) is 1. The molecule has 0 aliphatic rings. The lowest BCUT2D eigenvalue weighted by atomic mass is 10.2. The maximum absolute atomic E-state index is 12.9. The van der Waals surface area contributed by atoms with E-state index in [1.165, 1.54) is 3.97 Å². The first-order valence-electron chi connectivity index (χ1n) is 6.65. The van der Waals surface area contributed by atoms with Crippen LogP contribution >= 0.6 is 0 Å². The number of para-hydroxylation sites is 1. The summed E-state index contributed by atoms with van der Waals surface area (Å²) < 4.78 is 27.1. The summed E-state index contributed by atoms with van der Waals surface area (Å²) >= 11 is 0. The molecule has 2 aromatic carbocycles. The molecular weight excluding hydrogens is 286 g/mol. The minimum atomic E-state index is -3.67. The van der Waals surface area contributed by atoms with Crippen LogP contribution in [0.1, 0.15) is 5.69 Å². The molecule has 0 amide bonds. The molecule has 0 aliphatic heterocycles. The van der Waals surface area contributed by atoms with Crippen LogP contribution in [0.5, 0.6) is 0 Å². The van der Waals surface area contributed by atoms with Crippen LogP contribution in [0.25, 0.3) is 10.9 Å². The van der Waals surface area contributed by atoms with Crippen molar-refractivity contribution in [1.82, 2.24) is 3.97 Å². The Bertz CT molecular complexity index is 867. The monoisotopic (exact) mass is 301 g/mol. The van der Waals surface area contributed by atoms with E-state index in [0.717, 1.165) is 5.39 Å². The summed E-state index contributed by atoms with van der Waals surface area (Å²) in [6.45, 7) is -0.0966. The minimum absolute atomic E-state index is 0.0966. The lowest BCUT2D eigenvalue weighted by molar-refractivity contribution is 0.298. The Labute approximate surface area is 123 Å². The van der Waals surface area contributed by atoms with Crippen LogP contribution < -0.4 is 0 Å². The van der Waals surface area contributed by atoms with Crippen molar-refractivity contribution in [3.8, 4) is 0 Å². The normalized spacial score (nSPS) is 11.9. The number of aliphatic hydroxyl groups excluding tert-OH is 1. The van der Waals surface area contributed by atoms with Crippen molar-refractivity contribution < 1.29 is 13.5 Å². The van der Waals surface area contributed by atoms with Crippen LogP contribution in [-0.4, -0.2) is 24.1 Å². The average molecular weight is 301 g/mol. The van der Waals surface area contributed by atoms with Gasteiger partial charge < -0.3 is 5.11 Å². The van der Waals surface area contributed by atoms with Gasteiger partial charge in [0.15, 0.2) is 0 Å². The van der Waals surface area contributed by atoms with Crippen molar-refractivity contribution in [2.24, 2.45) is 0 Å². The van der Waals surface area contributed by atoms with Crippen molar-refractivity contribution in [1.29, 1.82) is 0 Å². The molecule has 0 saturated carbocycles. The molecule has 1 heterocycles. The minimum Gasteiger partial charge on any atom is -0.396 e. The Kier molecular flexibility index (Phi) is 3.53. The summed E-state index contributed by atoms with van der Waals surface area (Å²) in [6.07, 6.45) is 0.292. The van der Waals surface area contributed by atoms with Gasteiger partial charge in [-0.2, -0.15) is 0 Å². The highest BCUT2D eigenvalue weighted by atomic mass is 32.2. The fraction of sp³-hybridized carbons (Fsp3) is 0.125. The van der Waals surface area contributed by atoms with E-state index in [1.54, 1.807) is 36.4 Å². The molecule has 3 rings (SSSR count). The molecule has 0 bridgehead atoms. The van der Waals surface area contributed by atoms with Gasteiger partial charge >= 0.3 is 0 Å². The van der Waals surface area contributed by atoms with E-state index in [2.05, 4.69) is 0 Å². The van der Waals surface area contributed by atoms with Gasteiger partial charge in [0, 0.05) is 24.1 Å².